The maximum absolute atomic E-state index is 10.8. The minimum Gasteiger partial charge on any atom is -0.446 e. The SMILES string of the molecule is C#C[C@]1(OC(C)=O)CCC[C@H]1C. The summed E-state index contributed by atoms with van der Waals surface area (Å²) < 4.78 is 5.19. The lowest BCUT2D eigenvalue weighted by Gasteiger charge is -2.27. The van der Waals surface area contributed by atoms with E-state index in [-0.39, 0.29) is 5.97 Å². The molecule has 1 fully saturated rings. The Bertz CT molecular complexity index is 226. The van der Waals surface area contributed by atoms with Crippen molar-refractivity contribution in [3.05, 3.63) is 0 Å². The van der Waals surface area contributed by atoms with E-state index in [0.717, 1.165) is 19.3 Å². The van der Waals surface area contributed by atoms with Crippen molar-refractivity contribution in [2.45, 2.75) is 38.7 Å². The molecule has 0 amide bonds. The number of carbonyl (C=O) groups is 1. The van der Waals surface area contributed by atoms with Crippen LogP contribution >= 0.6 is 0 Å². The molecule has 0 radical (unpaired) electrons. The molecule has 0 aliphatic heterocycles. The zero-order chi connectivity index (χ0) is 9.19. The van der Waals surface area contributed by atoms with E-state index in [0.29, 0.717) is 5.92 Å². The van der Waals surface area contributed by atoms with Gasteiger partial charge in [-0.05, 0) is 19.3 Å². The third-order valence-corrected chi connectivity index (χ3v) is 2.55. The van der Waals surface area contributed by atoms with Crippen molar-refractivity contribution in [2.24, 2.45) is 5.92 Å². The zero-order valence-corrected chi connectivity index (χ0v) is 7.59. The van der Waals surface area contributed by atoms with Gasteiger partial charge in [0.15, 0.2) is 5.60 Å². The molecule has 0 aromatic carbocycles. The van der Waals surface area contributed by atoms with Crippen LogP contribution in [-0.2, 0) is 9.53 Å². The van der Waals surface area contributed by atoms with Crippen molar-refractivity contribution >= 4 is 5.97 Å². The number of hydrogen-bond acceptors (Lipinski definition) is 2. The first-order valence-electron chi connectivity index (χ1n) is 4.28. The Morgan fingerprint density at radius 3 is 2.75 bits per heavy atom. The molecule has 2 nitrogen and oxygen atoms in total. The molecular formula is C10H14O2. The Kier molecular flexibility index (Phi) is 2.42. The number of terminal acetylenes is 1. The Balaban J connectivity index is 2.76. The Morgan fingerprint density at radius 2 is 2.42 bits per heavy atom. The van der Waals surface area contributed by atoms with Gasteiger partial charge in [-0.2, -0.15) is 0 Å². The number of ether oxygens (including phenoxy) is 1. The molecule has 0 bridgehead atoms. The Hall–Kier alpha value is -0.970. The van der Waals surface area contributed by atoms with Crippen LogP contribution in [0.25, 0.3) is 0 Å². The topological polar surface area (TPSA) is 26.3 Å². The largest absolute Gasteiger partial charge is 0.446 e. The average Bonchev–Trinajstić information content (AvgIpc) is 2.32. The van der Waals surface area contributed by atoms with Crippen molar-refractivity contribution in [2.75, 3.05) is 0 Å². The van der Waals surface area contributed by atoms with Crippen LogP contribution in [0.1, 0.15) is 33.1 Å². The van der Waals surface area contributed by atoms with E-state index in [2.05, 4.69) is 5.92 Å². The second kappa shape index (κ2) is 3.18. The van der Waals surface area contributed by atoms with Crippen molar-refractivity contribution in [1.82, 2.24) is 0 Å². The van der Waals surface area contributed by atoms with Crippen LogP contribution in [0.3, 0.4) is 0 Å². The van der Waals surface area contributed by atoms with Gasteiger partial charge < -0.3 is 4.74 Å². The fourth-order valence-electron chi connectivity index (χ4n) is 1.80. The first kappa shape index (κ1) is 9.12. The van der Waals surface area contributed by atoms with Gasteiger partial charge in [0.25, 0.3) is 0 Å². The van der Waals surface area contributed by atoms with E-state index in [4.69, 9.17) is 11.2 Å². The summed E-state index contributed by atoms with van der Waals surface area (Å²) in [7, 11) is 0. The summed E-state index contributed by atoms with van der Waals surface area (Å²) in [6, 6.07) is 0. The van der Waals surface area contributed by atoms with Crippen LogP contribution in [0.5, 0.6) is 0 Å². The molecular weight excluding hydrogens is 152 g/mol. The third-order valence-electron chi connectivity index (χ3n) is 2.55. The van der Waals surface area contributed by atoms with Crippen LogP contribution in [-0.4, -0.2) is 11.6 Å². The molecule has 1 saturated carbocycles. The quantitative estimate of drug-likeness (QED) is 0.438. The van der Waals surface area contributed by atoms with Crippen molar-refractivity contribution < 1.29 is 9.53 Å². The van der Waals surface area contributed by atoms with Gasteiger partial charge >= 0.3 is 5.97 Å². The highest BCUT2D eigenvalue weighted by molar-refractivity contribution is 5.67. The Labute approximate surface area is 73.3 Å². The highest BCUT2D eigenvalue weighted by Crippen LogP contribution is 2.37. The molecule has 1 aliphatic rings. The lowest BCUT2D eigenvalue weighted by Crippen LogP contribution is -2.35. The van der Waals surface area contributed by atoms with Crippen LogP contribution in [0, 0.1) is 18.3 Å². The molecule has 2 atom stereocenters. The predicted octanol–water partition coefficient (Wildman–Crippen LogP) is 1.74. The molecule has 0 N–H and O–H groups in total. The smallest absolute Gasteiger partial charge is 0.304 e. The van der Waals surface area contributed by atoms with Gasteiger partial charge in [0, 0.05) is 12.8 Å². The van der Waals surface area contributed by atoms with Crippen LogP contribution in [0.4, 0.5) is 0 Å². The molecule has 12 heavy (non-hydrogen) atoms. The minimum absolute atomic E-state index is 0.276. The fourth-order valence-corrected chi connectivity index (χ4v) is 1.80. The van der Waals surface area contributed by atoms with Gasteiger partial charge in [0.1, 0.15) is 0 Å². The molecule has 0 aromatic heterocycles. The van der Waals surface area contributed by atoms with Crippen molar-refractivity contribution in [1.29, 1.82) is 0 Å². The maximum Gasteiger partial charge on any atom is 0.304 e. The van der Waals surface area contributed by atoms with Gasteiger partial charge in [-0.25, -0.2) is 0 Å². The number of hydrogen-bond donors (Lipinski definition) is 0. The standard InChI is InChI=1S/C10H14O2/c1-4-10(12-9(3)11)7-5-6-8(10)2/h1,8H,5-7H2,2-3H3/t8-,10+/m1/s1. The number of rotatable bonds is 1. The zero-order valence-electron chi connectivity index (χ0n) is 7.59. The van der Waals surface area contributed by atoms with Crippen LogP contribution in [0.15, 0.2) is 0 Å². The molecule has 0 unspecified atom stereocenters. The molecule has 0 aromatic rings. The predicted molar refractivity (Wildman–Crippen MR) is 46.3 cm³/mol. The Morgan fingerprint density at radius 1 is 1.75 bits per heavy atom. The monoisotopic (exact) mass is 166 g/mol. The fraction of sp³-hybridized carbons (Fsp3) is 0.700. The highest BCUT2D eigenvalue weighted by atomic mass is 16.6. The van der Waals surface area contributed by atoms with E-state index in [1.165, 1.54) is 6.92 Å². The van der Waals surface area contributed by atoms with Crippen molar-refractivity contribution in [3.63, 3.8) is 0 Å². The summed E-state index contributed by atoms with van der Waals surface area (Å²) in [5.41, 5.74) is -0.605. The number of esters is 1. The average molecular weight is 166 g/mol. The third kappa shape index (κ3) is 1.45. The molecule has 2 heteroatoms. The van der Waals surface area contributed by atoms with Crippen LogP contribution < -0.4 is 0 Å². The molecule has 0 spiro atoms. The molecule has 1 aliphatic carbocycles. The van der Waals surface area contributed by atoms with E-state index >= 15 is 0 Å². The number of carbonyl (C=O) groups excluding carboxylic acids is 1. The molecule has 0 saturated heterocycles. The summed E-state index contributed by atoms with van der Waals surface area (Å²) in [6.07, 6.45) is 8.30. The minimum atomic E-state index is -0.605. The van der Waals surface area contributed by atoms with Gasteiger partial charge in [-0.3, -0.25) is 4.79 Å². The van der Waals surface area contributed by atoms with Gasteiger partial charge in [0.05, 0.1) is 0 Å². The second-order valence-electron chi connectivity index (χ2n) is 3.42. The van der Waals surface area contributed by atoms with Gasteiger partial charge in [-0.15, -0.1) is 6.42 Å². The molecule has 66 valence electrons. The van der Waals surface area contributed by atoms with Crippen LogP contribution in [0.2, 0.25) is 0 Å². The first-order valence-corrected chi connectivity index (χ1v) is 4.28. The summed E-state index contributed by atoms with van der Waals surface area (Å²) in [4.78, 5) is 10.8. The normalized spacial score (nSPS) is 34.2. The lowest BCUT2D eigenvalue weighted by molar-refractivity contribution is -0.153. The highest BCUT2D eigenvalue weighted by Gasteiger charge is 2.41. The second-order valence-corrected chi connectivity index (χ2v) is 3.42. The van der Waals surface area contributed by atoms with Crippen molar-refractivity contribution in [3.8, 4) is 12.3 Å². The molecule has 0 heterocycles. The summed E-state index contributed by atoms with van der Waals surface area (Å²) in [5, 5.41) is 0. The van der Waals surface area contributed by atoms with Gasteiger partial charge in [-0.1, -0.05) is 12.8 Å². The van der Waals surface area contributed by atoms with E-state index in [1.807, 2.05) is 6.92 Å². The van der Waals surface area contributed by atoms with E-state index in [9.17, 15) is 4.79 Å². The summed E-state index contributed by atoms with van der Waals surface area (Å²) in [6.45, 7) is 3.44. The van der Waals surface area contributed by atoms with E-state index in [1.54, 1.807) is 0 Å². The first-order chi connectivity index (χ1) is 5.60. The maximum atomic E-state index is 10.8. The van der Waals surface area contributed by atoms with Gasteiger partial charge in [0.2, 0.25) is 0 Å². The lowest BCUT2D eigenvalue weighted by atomic mass is 9.93. The van der Waals surface area contributed by atoms with E-state index < -0.39 is 5.60 Å². The summed E-state index contributed by atoms with van der Waals surface area (Å²) >= 11 is 0. The molecule has 1 rings (SSSR count). The summed E-state index contributed by atoms with van der Waals surface area (Å²) in [5.74, 6) is 2.64.